The summed E-state index contributed by atoms with van der Waals surface area (Å²) in [4.78, 5) is 44.5. The van der Waals surface area contributed by atoms with Crippen LogP contribution in [0, 0.1) is 0 Å². The first-order valence-corrected chi connectivity index (χ1v) is 13.6. The van der Waals surface area contributed by atoms with Gasteiger partial charge in [0.1, 0.15) is 11.4 Å². The minimum Gasteiger partial charge on any atom is -0.507 e. The standard InChI is InChI=1S/C30H30ClN5O5/c1-30(2,3)41-29(40)32-19-11-9-17(10-12-19)27(38)34-24-16-35(4)26(33-24)28(39)36-15-18(14-31)25-21-8-6-5-7-20(21)23(37)13-22(25)36/h5-13,16,18,37H,14-15H2,1-4H3,(H,32,40)(H,34,38)/t18-/m1/s1. The summed E-state index contributed by atoms with van der Waals surface area (Å²) >= 11 is 6.31. The maximum Gasteiger partial charge on any atom is 0.412 e. The molecule has 41 heavy (non-hydrogen) atoms. The summed E-state index contributed by atoms with van der Waals surface area (Å²) < 4.78 is 6.78. The Balaban J connectivity index is 1.32. The molecule has 10 nitrogen and oxygen atoms in total. The van der Waals surface area contributed by atoms with Gasteiger partial charge in [-0.2, -0.15) is 0 Å². The van der Waals surface area contributed by atoms with Crippen molar-refractivity contribution in [3.63, 3.8) is 0 Å². The van der Waals surface area contributed by atoms with Crippen LogP contribution in [0.4, 0.5) is 22.0 Å². The Labute approximate surface area is 241 Å². The van der Waals surface area contributed by atoms with E-state index in [0.717, 1.165) is 10.9 Å². The van der Waals surface area contributed by atoms with Crippen molar-refractivity contribution < 1.29 is 24.2 Å². The second-order valence-electron chi connectivity index (χ2n) is 10.9. The highest BCUT2D eigenvalue weighted by molar-refractivity contribution is 6.19. The maximum atomic E-state index is 13.7. The summed E-state index contributed by atoms with van der Waals surface area (Å²) in [7, 11) is 1.67. The first-order valence-electron chi connectivity index (χ1n) is 13.0. The van der Waals surface area contributed by atoms with Crippen molar-refractivity contribution in [2.75, 3.05) is 28.0 Å². The summed E-state index contributed by atoms with van der Waals surface area (Å²) in [6.45, 7) is 5.64. The highest BCUT2D eigenvalue weighted by Crippen LogP contribution is 2.45. The number of fused-ring (bicyclic) bond motifs is 3. The zero-order valence-corrected chi connectivity index (χ0v) is 23.8. The number of amides is 3. The van der Waals surface area contributed by atoms with Crippen molar-refractivity contribution in [1.82, 2.24) is 9.55 Å². The molecule has 4 aromatic rings. The van der Waals surface area contributed by atoms with Crippen molar-refractivity contribution in [3.05, 3.63) is 77.7 Å². The fraction of sp³-hybridized carbons (Fsp3) is 0.267. The number of benzene rings is 3. The number of imidazole rings is 1. The van der Waals surface area contributed by atoms with E-state index in [1.807, 2.05) is 24.3 Å². The first kappa shape index (κ1) is 28.0. The fourth-order valence-electron chi connectivity index (χ4n) is 4.91. The normalized spacial score (nSPS) is 14.6. The third-order valence-electron chi connectivity index (χ3n) is 6.68. The molecular weight excluding hydrogens is 546 g/mol. The average molecular weight is 576 g/mol. The smallest absolute Gasteiger partial charge is 0.412 e. The Kier molecular flexibility index (Phi) is 7.35. The van der Waals surface area contributed by atoms with Crippen LogP contribution in [0.2, 0.25) is 0 Å². The molecule has 1 aromatic heterocycles. The number of hydrogen-bond donors (Lipinski definition) is 3. The molecule has 0 bridgehead atoms. The van der Waals surface area contributed by atoms with E-state index in [1.54, 1.807) is 73.8 Å². The molecule has 212 valence electrons. The lowest BCUT2D eigenvalue weighted by Gasteiger charge is -2.19. The van der Waals surface area contributed by atoms with Crippen LogP contribution in [0.25, 0.3) is 10.8 Å². The molecule has 3 aromatic carbocycles. The Morgan fingerprint density at radius 2 is 1.76 bits per heavy atom. The van der Waals surface area contributed by atoms with Gasteiger partial charge in [0.2, 0.25) is 5.82 Å². The predicted octanol–water partition coefficient (Wildman–Crippen LogP) is 5.86. The molecule has 3 N–H and O–H groups in total. The highest BCUT2D eigenvalue weighted by atomic mass is 35.5. The molecule has 0 aliphatic carbocycles. The number of rotatable bonds is 5. The lowest BCUT2D eigenvalue weighted by atomic mass is 9.95. The number of phenols is 1. The third-order valence-corrected chi connectivity index (χ3v) is 7.05. The van der Waals surface area contributed by atoms with Crippen LogP contribution in [0.5, 0.6) is 5.75 Å². The van der Waals surface area contributed by atoms with E-state index in [9.17, 15) is 19.5 Å². The molecule has 3 amide bonds. The molecule has 2 heterocycles. The van der Waals surface area contributed by atoms with Gasteiger partial charge >= 0.3 is 6.09 Å². The molecule has 0 saturated carbocycles. The zero-order chi connectivity index (χ0) is 29.5. The van der Waals surface area contributed by atoms with Crippen LogP contribution in [0.1, 0.15) is 53.2 Å². The van der Waals surface area contributed by atoms with Crippen molar-refractivity contribution in [2.45, 2.75) is 32.3 Å². The number of aryl methyl sites for hydroxylation is 1. The van der Waals surface area contributed by atoms with E-state index < -0.39 is 17.6 Å². The predicted molar refractivity (Wildman–Crippen MR) is 158 cm³/mol. The second-order valence-corrected chi connectivity index (χ2v) is 11.2. The van der Waals surface area contributed by atoms with Crippen molar-refractivity contribution >= 4 is 57.5 Å². The van der Waals surface area contributed by atoms with Crippen LogP contribution < -0.4 is 15.5 Å². The number of ether oxygens (including phenoxy) is 1. The number of phenolic OH excluding ortho intramolecular Hbond substituents is 1. The van der Waals surface area contributed by atoms with Crippen LogP contribution >= 0.6 is 11.6 Å². The van der Waals surface area contributed by atoms with Gasteiger partial charge in [-0.25, -0.2) is 9.78 Å². The maximum absolute atomic E-state index is 13.7. The lowest BCUT2D eigenvalue weighted by molar-refractivity contribution is 0.0635. The summed E-state index contributed by atoms with van der Waals surface area (Å²) in [6, 6.07) is 15.4. The van der Waals surface area contributed by atoms with E-state index in [2.05, 4.69) is 15.6 Å². The number of hydrogen-bond acceptors (Lipinski definition) is 6. The van der Waals surface area contributed by atoms with Gasteiger partial charge < -0.3 is 24.6 Å². The average Bonchev–Trinajstić information content (AvgIpc) is 3.47. The fourth-order valence-corrected chi connectivity index (χ4v) is 5.16. The Morgan fingerprint density at radius 1 is 1.07 bits per heavy atom. The number of alkyl halides is 1. The molecule has 0 radical (unpaired) electrons. The minimum absolute atomic E-state index is 0.0764. The third kappa shape index (κ3) is 5.69. The molecule has 0 saturated heterocycles. The number of carbonyl (C=O) groups excluding carboxylic acids is 3. The van der Waals surface area contributed by atoms with Gasteiger partial charge in [0.25, 0.3) is 11.8 Å². The zero-order valence-electron chi connectivity index (χ0n) is 23.1. The monoisotopic (exact) mass is 575 g/mol. The van der Waals surface area contributed by atoms with Gasteiger partial charge in [-0.1, -0.05) is 24.3 Å². The number of aromatic hydroxyl groups is 1. The summed E-state index contributed by atoms with van der Waals surface area (Å²) in [5.41, 5.74) is 1.67. The Bertz CT molecular complexity index is 1660. The van der Waals surface area contributed by atoms with Crippen molar-refractivity contribution in [2.24, 2.45) is 7.05 Å². The molecule has 0 unspecified atom stereocenters. The van der Waals surface area contributed by atoms with Crippen LogP contribution in [-0.2, 0) is 11.8 Å². The second kappa shape index (κ2) is 10.8. The van der Waals surface area contributed by atoms with E-state index in [4.69, 9.17) is 16.3 Å². The van der Waals surface area contributed by atoms with Gasteiger partial charge in [-0.15, -0.1) is 11.6 Å². The van der Waals surface area contributed by atoms with Gasteiger partial charge in [0.15, 0.2) is 5.82 Å². The van der Waals surface area contributed by atoms with Gasteiger partial charge in [-0.3, -0.25) is 14.9 Å². The molecule has 0 spiro atoms. The van der Waals surface area contributed by atoms with E-state index in [-0.39, 0.29) is 29.2 Å². The Morgan fingerprint density at radius 3 is 2.41 bits per heavy atom. The van der Waals surface area contributed by atoms with Gasteiger partial charge in [0, 0.05) is 54.3 Å². The molecule has 11 heteroatoms. The summed E-state index contributed by atoms with van der Waals surface area (Å²) in [6.07, 6.45) is 0.957. The van der Waals surface area contributed by atoms with Crippen molar-refractivity contribution in [3.8, 4) is 5.75 Å². The topological polar surface area (TPSA) is 126 Å². The van der Waals surface area contributed by atoms with E-state index in [1.165, 1.54) is 0 Å². The summed E-state index contributed by atoms with van der Waals surface area (Å²) in [5.74, 6) is -0.233. The van der Waals surface area contributed by atoms with Gasteiger partial charge in [0.05, 0.1) is 5.69 Å². The number of anilines is 3. The first-order chi connectivity index (χ1) is 19.4. The van der Waals surface area contributed by atoms with Crippen molar-refractivity contribution in [1.29, 1.82) is 0 Å². The van der Waals surface area contributed by atoms with Crippen LogP contribution in [0.15, 0.2) is 60.8 Å². The lowest BCUT2D eigenvalue weighted by Crippen LogP contribution is -2.32. The highest BCUT2D eigenvalue weighted by Gasteiger charge is 2.36. The quantitative estimate of drug-likeness (QED) is 0.256. The number of carbonyl (C=O) groups is 3. The molecule has 0 fully saturated rings. The van der Waals surface area contributed by atoms with E-state index >= 15 is 0 Å². The SMILES string of the molecule is Cn1cc(NC(=O)c2ccc(NC(=O)OC(C)(C)C)cc2)nc1C(=O)N1C[C@@H](CCl)c2c1cc(O)c1ccccc21. The molecular formula is C30H30ClN5O5. The van der Waals surface area contributed by atoms with Crippen LogP contribution in [-0.4, -0.2) is 50.6 Å². The largest absolute Gasteiger partial charge is 0.507 e. The molecule has 1 atom stereocenters. The number of nitrogens with zero attached hydrogens (tertiary/aromatic N) is 3. The van der Waals surface area contributed by atoms with E-state index in [0.29, 0.717) is 34.7 Å². The Hall–Kier alpha value is -4.57. The molecule has 1 aliphatic heterocycles. The number of nitrogens with one attached hydrogen (secondary N) is 2. The van der Waals surface area contributed by atoms with Crippen LogP contribution in [0.3, 0.4) is 0 Å². The molecule has 1 aliphatic rings. The number of halogens is 1. The minimum atomic E-state index is -0.632. The van der Waals surface area contributed by atoms with Gasteiger partial charge in [-0.05, 0) is 56.0 Å². The molecule has 5 rings (SSSR count). The number of aromatic nitrogens is 2. The summed E-state index contributed by atoms with van der Waals surface area (Å²) in [5, 5.41) is 17.6.